The van der Waals surface area contributed by atoms with Crippen LogP contribution in [0, 0.1) is 3.70 Å². The maximum atomic E-state index is 12.6. The normalized spacial score (nSPS) is 11.3. The number of hydrogen-bond acceptors (Lipinski definition) is 4. The highest BCUT2D eigenvalue weighted by atomic mass is 127. The van der Waals surface area contributed by atoms with Gasteiger partial charge in [-0.05, 0) is 35.6 Å². The van der Waals surface area contributed by atoms with E-state index in [2.05, 4.69) is 14.5 Å². The Morgan fingerprint density at radius 2 is 2.11 bits per heavy atom. The average Bonchev–Trinajstić information content (AvgIpc) is 2.29. The lowest BCUT2D eigenvalue weighted by Crippen LogP contribution is -2.19. The summed E-state index contributed by atoms with van der Waals surface area (Å²) in [5, 5.41) is 0. The second-order valence-corrected chi connectivity index (χ2v) is 4.20. The van der Waals surface area contributed by atoms with Crippen LogP contribution >= 0.6 is 22.6 Å². The Morgan fingerprint density at radius 1 is 1.47 bits per heavy atom. The molecule has 0 aliphatic carbocycles. The van der Waals surface area contributed by atoms with Crippen molar-refractivity contribution in [2.75, 3.05) is 6.61 Å². The van der Waals surface area contributed by atoms with Crippen LogP contribution in [0.15, 0.2) is 6.07 Å². The number of alkyl halides is 4. The smallest absolute Gasteiger partial charge is 0.462 e. The number of ether oxygens (including phenoxy) is 2. The van der Waals surface area contributed by atoms with Gasteiger partial charge in [0.2, 0.25) is 0 Å². The molecule has 1 aromatic heterocycles. The summed E-state index contributed by atoms with van der Waals surface area (Å²) in [5.74, 6) is -1.70. The van der Waals surface area contributed by atoms with Crippen molar-refractivity contribution in [3.8, 4) is 5.75 Å². The van der Waals surface area contributed by atoms with E-state index in [9.17, 15) is 22.4 Å². The minimum Gasteiger partial charge on any atom is -0.462 e. The van der Waals surface area contributed by atoms with E-state index in [4.69, 9.17) is 0 Å². The van der Waals surface area contributed by atoms with E-state index in [1.807, 2.05) is 0 Å². The Morgan fingerprint density at radius 3 is 2.58 bits per heavy atom. The van der Waals surface area contributed by atoms with Gasteiger partial charge in [0.05, 0.1) is 12.2 Å². The molecule has 0 amide bonds. The molecule has 4 nitrogen and oxygen atoms in total. The van der Waals surface area contributed by atoms with Gasteiger partial charge >= 0.3 is 12.3 Å². The van der Waals surface area contributed by atoms with Gasteiger partial charge in [-0.1, -0.05) is 0 Å². The van der Waals surface area contributed by atoms with Crippen LogP contribution in [0.2, 0.25) is 0 Å². The third kappa shape index (κ3) is 4.48. The Hall–Kier alpha value is -1.13. The first-order valence-corrected chi connectivity index (χ1v) is 6.04. The zero-order chi connectivity index (χ0) is 14.6. The molecule has 0 saturated carbocycles. The van der Waals surface area contributed by atoms with Crippen molar-refractivity contribution in [3.05, 3.63) is 21.0 Å². The summed E-state index contributed by atoms with van der Waals surface area (Å²) in [7, 11) is 0. The summed E-state index contributed by atoms with van der Waals surface area (Å²) in [6.07, 6.45) is -5.00. The van der Waals surface area contributed by atoms with Crippen molar-refractivity contribution < 1.29 is 31.8 Å². The van der Waals surface area contributed by atoms with Gasteiger partial charge in [0.25, 0.3) is 0 Å². The minimum atomic E-state index is -5.00. The van der Waals surface area contributed by atoms with Gasteiger partial charge in [-0.2, -0.15) is 0 Å². The quantitative estimate of drug-likeness (QED) is 0.341. The van der Waals surface area contributed by atoms with E-state index >= 15 is 0 Å². The summed E-state index contributed by atoms with van der Waals surface area (Å²) in [4.78, 5) is 15.1. The molecule has 0 atom stereocenters. The SMILES string of the molecule is CCOC(=O)c1cc(OC(F)(F)F)c(CF)nc1I. The number of nitrogens with zero attached hydrogens (tertiary/aromatic N) is 1. The van der Waals surface area contributed by atoms with E-state index in [0.29, 0.717) is 0 Å². The Kier molecular flexibility index (Phi) is 5.32. The van der Waals surface area contributed by atoms with Crippen molar-refractivity contribution in [2.45, 2.75) is 20.0 Å². The fourth-order valence-corrected chi connectivity index (χ4v) is 1.84. The number of carbonyl (C=O) groups excluding carboxylic acids is 1. The predicted molar refractivity (Wildman–Crippen MR) is 64.4 cm³/mol. The number of carbonyl (C=O) groups is 1. The first-order chi connectivity index (χ1) is 8.78. The van der Waals surface area contributed by atoms with Crippen LogP contribution in [0.4, 0.5) is 17.6 Å². The van der Waals surface area contributed by atoms with Crippen molar-refractivity contribution >= 4 is 28.6 Å². The molecule has 0 radical (unpaired) electrons. The highest BCUT2D eigenvalue weighted by Gasteiger charge is 2.33. The third-order valence-corrected chi connectivity index (χ3v) is 2.69. The van der Waals surface area contributed by atoms with Gasteiger partial charge in [0, 0.05) is 0 Å². The Bertz CT molecular complexity index is 479. The Labute approximate surface area is 119 Å². The molecule has 0 fully saturated rings. The van der Waals surface area contributed by atoms with E-state index < -0.39 is 30.4 Å². The molecule has 0 aromatic carbocycles. The van der Waals surface area contributed by atoms with E-state index in [1.165, 1.54) is 0 Å². The summed E-state index contributed by atoms with van der Waals surface area (Å²) in [6.45, 7) is 0.348. The van der Waals surface area contributed by atoms with Crippen LogP contribution in [-0.4, -0.2) is 23.9 Å². The van der Waals surface area contributed by atoms with Crippen LogP contribution in [0.3, 0.4) is 0 Å². The van der Waals surface area contributed by atoms with Crippen molar-refractivity contribution in [1.29, 1.82) is 0 Å². The average molecular weight is 393 g/mol. The molecule has 0 unspecified atom stereocenters. The molecule has 106 valence electrons. The molecule has 1 rings (SSSR count). The molecule has 0 aliphatic heterocycles. The van der Waals surface area contributed by atoms with Crippen LogP contribution in [0.5, 0.6) is 5.75 Å². The highest BCUT2D eigenvalue weighted by Crippen LogP contribution is 2.29. The molecule has 0 aliphatic rings. The summed E-state index contributed by atoms with van der Waals surface area (Å²) in [5.41, 5.74) is -0.742. The maximum absolute atomic E-state index is 12.6. The number of rotatable bonds is 4. The molecule has 0 saturated heterocycles. The second-order valence-electron chi connectivity index (χ2n) is 3.17. The van der Waals surface area contributed by atoms with Gasteiger partial charge < -0.3 is 9.47 Å². The van der Waals surface area contributed by atoms with Crippen LogP contribution in [0.25, 0.3) is 0 Å². The van der Waals surface area contributed by atoms with Gasteiger partial charge in [-0.15, -0.1) is 13.2 Å². The zero-order valence-corrected chi connectivity index (χ0v) is 11.7. The van der Waals surface area contributed by atoms with Gasteiger partial charge in [-0.25, -0.2) is 14.2 Å². The minimum absolute atomic E-state index is 0.0400. The van der Waals surface area contributed by atoms with Crippen molar-refractivity contribution in [1.82, 2.24) is 4.98 Å². The monoisotopic (exact) mass is 393 g/mol. The number of pyridine rings is 1. The number of esters is 1. The van der Waals surface area contributed by atoms with Crippen LogP contribution in [-0.2, 0) is 11.4 Å². The third-order valence-electron chi connectivity index (χ3n) is 1.86. The molecule has 0 bridgehead atoms. The standard InChI is InChI=1S/C10H8F4INO3/c1-2-18-9(17)5-3-7(19-10(12,13)14)6(4-11)16-8(5)15/h3H,2,4H2,1H3. The van der Waals surface area contributed by atoms with E-state index in [1.54, 1.807) is 29.5 Å². The number of halogens is 5. The maximum Gasteiger partial charge on any atom is 0.573 e. The largest absolute Gasteiger partial charge is 0.573 e. The van der Waals surface area contributed by atoms with Gasteiger partial charge in [0.1, 0.15) is 16.1 Å². The molecule has 0 spiro atoms. The van der Waals surface area contributed by atoms with E-state index in [0.717, 1.165) is 6.07 Å². The first kappa shape index (κ1) is 15.9. The van der Waals surface area contributed by atoms with Crippen LogP contribution in [0.1, 0.15) is 23.0 Å². The predicted octanol–water partition coefficient (Wildman–Crippen LogP) is 3.23. The fourth-order valence-electron chi connectivity index (χ4n) is 1.17. The lowest BCUT2D eigenvalue weighted by Gasteiger charge is -2.13. The number of hydrogen-bond donors (Lipinski definition) is 0. The fraction of sp³-hybridized carbons (Fsp3) is 0.400. The highest BCUT2D eigenvalue weighted by molar-refractivity contribution is 14.1. The molecular weight excluding hydrogens is 385 g/mol. The molecule has 9 heteroatoms. The Balaban J connectivity index is 3.21. The summed E-state index contributed by atoms with van der Waals surface area (Å²) >= 11 is 1.60. The topological polar surface area (TPSA) is 48.4 Å². The molecule has 19 heavy (non-hydrogen) atoms. The van der Waals surface area contributed by atoms with Crippen molar-refractivity contribution in [3.63, 3.8) is 0 Å². The lowest BCUT2D eigenvalue weighted by atomic mass is 10.2. The lowest BCUT2D eigenvalue weighted by molar-refractivity contribution is -0.275. The van der Waals surface area contributed by atoms with Crippen LogP contribution < -0.4 is 4.74 Å². The molecule has 0 N–H and O–H groups in total. The zero-order valence-electron chi connectivity index (χ0n) is 9.55. The summed E-state index contributed by atoms with van der Waals surface area (Å²) < 4.78 is 57.4. The first-order valence-electron chi connectivity index (χ1n) is 4.96. The van der Waals surface area contributed by atoms with E-state index in [-0.39, 0.29) is 15.9 Å². The molecular formula is C10H8F4INO3. The molecule has 1 heterocycles. The number of aromatic nitrogens is 1. The molecule has 1 aromatic rings. The van der Waals surface area contributed by atoms with Gasteiger partial charge in [-0.3, -0.25) is 0 Å². The summed E-state index contributed by atoms with van der Waals surface area (Å²) in [6, 6.07) is 0.773. The second kappa shape index (κ2) is 6.35. The van der Waals surface area contributed by atoms with Crippen molar-refractivity contribution in [2.24, 2.45) is 0 Å². The van der Waals surface area contributed by atoms with Gasteiger partial charge in [0.15, 0.2) is 5.75 Å².